The van der Waals surface area contributed by atoms with Gasteiger partial charge in [0.15, 0.2) is 0 Å². The van der Waals surface area contributed by atoms with Gasteiger partial charge in [0.1, 0.15) is 5.60 Å². The standard InChI is InChI=1S/C28H22Cl2N2OS/c1-17(2)25-26(30)23-14-20(8-9-24(23)32-27(25)18-10-12-34-16-18)28(33,21-6-4-11-31-15-21)19-5-3-7-22(29)13-19/h3-17,33H,1-2H3/t28-/m1/s1. The van der Waals surface area contributed by atoms with Crippen LogP contribution in [0.25, 0.3) is 22.2 Å². The van der Waals surface area contributed by atoms with Crippen LogP contribution in [0.1, 0.15) is 42.0 Å². The second-order valence-electron chi connectivity index (χ2n) is 8.55. The first-order chi connectivity index (χ1) is 16.4. The van der Waals surface area contributed by atoms with E-state index >= 15 is 0 Å². The van der Waals surface area contributed by atoms with E-state index in [2.05, 4.69) is 30.3 Å². The highest BCUT2D eigenvalue weighted by molar-refractivity contribution is 7.08. The normalized spacial score (nSPS) is 13.4. The summed E-state index contributed by atoms with van der Waals surface area (Å²) in [6.45, 7) is 4.23. The Morgan fingerprint density at radius 1 is 0.941 bits per heavy atom. The Hall–Kier alpha value is -2.76. The summed E-state index contributed by atoms with van der Waals surface area (Å²) < 4.78 is 0. The third kappa shape index (κ3) is 3.91. The maximum atomic E-state index is 12.2. The first-order valence-corrected chi connectivity index (χ1v) is 12.6. The summed E-state index contributed by atoms with van der Waals surface area (Å²) in [5.74, 6) is 0.174. The molecular weight excluding hydrogens is 483 g/mol. The van der Waals surface area contributed by atoms with Crippen molar-refractivity contribution >= 4 is 45.4 Å². The number of fused-ring (bicyclic) bond motifs is 1. The summed E-state index contributed by atoms with van der Waals surface area (Å²) in [7, 11) is 0. The Morgan fingerprint density at radius 3 is 2.41 bits per heavy atom. The van der Waals surface area contributed by atoms with Crippen molar-refractivity contribution in [1.29, 1.82) is 0 Å². The molecule has 2 aromatic carbocycles. The molecule has 0 bridgehead atoms. The lowest BCUT2D eigenvalue weighted by Crippen LogP contribution is -2.29. The molecule has 0 aliphatic heterocycles. The molecule has 170 valence electrons. The average molecular weight is 505 g/mol. The molecule has 1 atom stereocenters. The van der Waals surface area contributed by atoms with Crippen molar-refractivity contribution in [3.05, 3.63) is 116 Å². The number of rotatable bonds is 5. The highest BCUT2D eigenvalue weighted by atomic mass is 35.5. The van der Waals surface area contributed by atoms with Gasteiger partial charge < -0.3 is 5.11 Å². The first-order valence-electron chi connectivity index (χ1n) is 10.9. The zero-order chi connectivity index (χ0) is 23.9. The molecule has 0 saturated heterocycles. The molecule has 0 saturated carbocycles. The molecule has 3 aromatic heterocycles. The van der Waals surface area contributed by atoms with Gasteiger partial charge in [-0.05, 0) is 58.8 Å². The smallest absolute Gasteiger partial charge is 0.142 e. The third-order valence-corrected chi connectivity index (χ3v) is 7.39. The minimum atomic E-state index is -1.47. The predicted octanol–water partition coefficient (Wildman–Crippen LogP) is 8.07. The van der Waals surface area contributed by atoms with E-state index < -0.39 is 5.60 Å². The van der Waals surface area contributed by atoms with Crippen molar-refractivity contribution < 1.29 is 5.11 Å². The fraction of sp³-hybridized carbons (Fsp3) is 0.143. The van der Waals surface area contributed by atoms with Crippen molar-refractivity contribution in [3.8, 4) is 11.3 Å². The number of nitrogens with zero attached hydrogens (tertiary/aromatic N) is 2. The van der Waals surface area contributed by atoms with Gasteiger partial charge in [-0.1, -0.05) is 61.3 Å². The highest BCUT2D eigenvalue weighted by Gasteiger charge is 2.35. The van der Waals surface area contributed by atoms with Crippen LogP contribution in [0.15, 0.2) is 83.8 Å². The number of pyridine rings is 2. The van der Waals surface area contributed by atoms with Gasteiger partial charge >= 0.3 is 0 Å². The molecule has 0 amide bonds. The van der Waals surface area contributed by atoms with Gasteiger partial charge in [-0.25, -0.2) is 4.98 Å². The summed E-state index contributed by atoms with van der Waals surface area (Å²) in [4.78, 5) is 9.24. The van der Waals surface area contributed by atoms with Gasteiger partial charge in [-0.3, -0.25) is 4.98 Å². The topological polar surface area (TPSA) is 46.0 Å². The van der Waals surface area contributed by atoms with Crippen LogP contribution in [0, 0.1) is 0 Å². The lowest BCUT2D eigenvalue weighted by atomic mass is 9.80. The SMILES string of the molecule is CC(C)c1c(-c2ccsc2)nc2ccc([C@@](O)(c3cccnc3)c3cccc(Cl)c3)cc2c1Cl. The summed E-state index contributed by atoms with van der Waals surface area (Å²) in [5, 5.41) is 18.4. The average Bonchev–Trinajstić information content (AvgIpc) is 3.38. The van der Waals surface area contributed by atoms with E-state index in [4.69, 9.17) is 28.2 Å². The van der Waals surface area contributed by atoms with E-state index in [1.807, 2.05) is 47.8 Å². The number of benzene rings is 2. The van der Waals surface area contributed by atoms with Gasteiger partial charge in [0.25, 0.3) is 0 Å². The maximum absolute atomic E-state index is 12.2. The van der Waals surface area contributed by atoms with E-state index in [1.165, 1.54) is 0 Å². The molecule has 3 nitrogen and oxygen atoms in total. The maximum Gasteiger partial charge on any atom is 0.142 e. The van der Waals surface area contributed by atoms with Gasteiger partial charge in [0.2, 0.25) is 0 Å². The zero-order valence-corrected chi connectivity index (χ0v) is 21.0. The summed E-state index contributed by atoms with van der Waals surface area (Å²) in [6.07, 6.45) is 3.36. The fourth-order valence-electron chi connectivity index (χ4n) is 4.40. The first kappa shape index (κ1) is 23.0. The van der Waals surface area contributed by atoms with Gasteiger partial charge in [-0.15, -0.1) is 0 Å². The zero-order valence-electron chi connectivity index (χ0n) is 18.7. The van der Waals surface area contributed by atoms with Gasteiger partial charge in [0.05, 0.1) is 16.2 Å². The molecule has 34 heavy (non-hydrogen) atoms. The van der Waals surface area contributed by atoms with Crippen LogP contribution in [0.4, 0.5) is 0 Å². The minimum absolute atomic E-state index is 0.174. The van der Waals surface area contributed by atoms with Crippen molar-refractivity contribution in [1.82, 2.24) is 9.97 Å². The largest absolute Gasteiger partial charge is 0.376 e. The number of hydrogen-bond donors (Lipinski definition) is 1. The predicted molar refractivity (Wildman–Crippen MR) is 142 cm³/mol. The Bertz CT molecular complexity index is 1470. The Kier molecular flexibility index (Phi) is 6.17. The Balaban J connectivity index is 1.78. The van der Waals surface area contributed by atoms with Crippen molar-refractivity contribution in [2.45, 2.75) is 25.4 Å². The molecule has 3 heterocycles. The van der Waals surface area contributed by atoms with Crippen LogP contribution in [0.3, 0.4) is 0 Å². The van der Waals surface area contributed by atoms with Crippen LogP contribution < -0.4 is 0 Å². The summed E-state index contributed by atoms with van der Waals surface area (Å²) in [5.41, 5.74) is 4.22. The van der Waals surface area contributed by atoms with E-state index in [0.29, 0.717) is 26.7 Å². The Morgan fingerprint density at radius 2 is 1.74 bits per heavy atom. The van der Waals surface area contributed by atoms with E-state index in [9.17, 15) is 5.11 Å². The second-order valence-corrected chi connectivity index (χ2v) is 10.1. The monoisotopic (exact) mass is 504 g/mol. The molecule has 5 rings (SSSR count). The van der Waals surface area contributed by atoms with Crippen molar-refractivity contribution in [2.24, 2.45) is 0 Å². The van der Waals surface area contributed by atoms with Gasteiger partial charge in [-0.2, -0.15) is 11.3 Å². The van der Waals surface area contributed by atoms with Crippen molar-refractivity contribution in [2.75, 3.05) is 0 Å². The van der Waals surface area contributed by atoms with E-state index in [0.717, 1.165) is 27.7 Å². The molecular formula is C28H22Cl2N2OS. The quantitative estimate of drug-likeness (QED) is 0.263. The Labute approximate surface area is 212 Å². The number of thiophene rings is 1. The molecule has 0 fully saturated rings. The van der Waals surface area contributed by atoms with E-state index in [-0.39, 0.29) is 5.92 Å². The summed E-state index contributed by atoms with van der Waals surface area (Å²) >= 11 is 15.0. The highest BCUT2D eigenvalue weighted by Crippen LogP contribution is 2.42. The molecule has 0 unspecified atom stereocenters. The van der Waals surface area contributed by atoms with E-state index in [1.54, 1.807) is 35.9 Å². The molecule has 1 N–H and O–H groups in total. The van der Waals surface area contributed by atoms with Crippen LogP contribution >= 0.6 is 34.5 Å². The molecule has 5 aromatic rings. The molecule has 0 spiro atoms. The molecule has 6 heteroatoms. The fourth-order valence-corrected chi connectivity index (χ4v) is 5.69. The third-order valence-electron chi connectivity index (χ3n) is 6.07. The number of aromatic nitrogens is 2. The molecule has 0 aliphatic carbocycles. The minimum Gasteiger partial charge on any atom is -0.376 e. The number of aliphatic hydroxyl groups is 1. The second kappa shape index (κ2) is 9.12. The molecule has 0 radical (unpaired) electrons. The number of hydrogen-bond acceptors (Lipinski definition) is 4. The number of halogens is 2. The van der Waals surface area contributed by atoms with Crippen LogP contribution in [0.5, 0.6) is 0 Å². The lowest BCUT2D eigenvalue weighted by molar-refractivity contribution is 0.125. The van der Waals surface area contributed by atoms with Crippen LogP contribution in [-0.4, -0.2) is 15.1 Å². The van der Waals surface area contributed by atoms with Crippen LogP contribution in [0.2, 0.25) is 10.0 Å². The molecule has 0 aliphatic rings. The lowest BCUT2D eigenvalue weighted by Gasteiger charge is -2.30. The van der Waals surface area contributed by atoms with Gasteiger partial charge in [0, 0.05) is 44.9 Å². The van der Waals surface area contributed by atoms with Crippen molar-refractivity contribution in [3.63, 3.8) is 0 Å². The summed E-state index contributed by atoms with van der Waals surface area (Å²) in [6, 6.07) is 18.7. The van der Waals surface area contributed by atoms with Crippen LogP contribution in [-0.2, 0) is 5.60 Å².